The van der Waals surface area contributed by atoms with E-state index in [0.29, 0.717) is 0 Å². The molecule has 0 bridgehead atoms. The Morgan fingerprint density at radius 2 is 1.27 bits per heavy atom. The standard InChI is InChI=1S/C25H15O/c1-3-10-20-17(7-1)18-8-2-4-11-21(18)25(20)16-13-14-24-22(15-16)19-9-5-6-12-23(19)26-24/h1-14,25H. The van der Waals surface area contributed by atoms with Crippen LogP contribution in [0.25, 0.3) is 33.1 Å². The Kier molecular flexibility index (Phi) is 2.72. The number of hydrogen-bond acceptors (Lipinski definition) is 1. The fourth-order valence-corrected chi connectivity index (χ4v) is 4.32. The van der Waals surface area contributed by atoms with E-state index >= 15 is 0 Å². The Bertz CT molecular complexity index is 1250. The molecule has 0 saturated carbocycles. The molecule has 1 aromatic heterocycles. The van der Waals surface area contributed by atoms with Gasteiger partial charge in [-0.15, -0.1) is 0 Å². The van der Waals surface area contributed by atoms with E-state index in [-0.39, 0.29) is 5.92 Å². The smallest absolute Gasteiger partial charge is 0.136 e. The van der Waals surface area contributed by atoms with Gasteiger partial charge >= 0.3 is 0 Å². The van der Waals surface area contributed by atoms with Gasteiger partial charge in [-0.05, 0) is 46.0 Å². The van der Waals surface area contributed by atoms with E-state index < -0.39 is 0 Å². The molecule has 1 aliphatic rings. The van der Waals surface area contributed by atoms with Crippen LogP contribution in [0.3, 0.4) is 0 Å². The van der Waals surface area contributed by atoms with Gasteiger partial charge in [-0.2, -0.15) is 0 Å². The van der Waals surface area contributed by atoms with Gasteiger partial charge in [0.2, 0.25) is 0 Å². The molecule has 0 amide bonds. The minimum atomic E-state index is 0.223. The normalized spacial score (nSPS) is 13.2. The summed E-state index contributed by atoms with van der Waals surface area (Å²) in [5, 5.41) is 2.20. The third kappa shape index (κ3) is 1.80. The van der Waals surface area contributed by atoms with Crippen LogP contribution >= 0.6 is 0 Å². The van der Waals surface area contributed by atoms with Crippen molar-refractivity contribution in [3.8, 4) is 11.1 Å². The molecule has 0 saturated heterocycles. The monoisotopic (exact) mass is 331 g/mol. The van der Waals surface area contributed by atoms with Crippen molar-refractivity contribution < 1.29 is 4.42 Å². The number of hydrogen-bond donors (Lipinski definition) is 0. The lowest BCUT2D eigenvalue weighted by Crippen LogP contribution is -1.99. The summed E-state index contributed by atoms with van der Waals surface area (Å²) in [5.74, 6) is 0.223. The zero-order chi connectivity index (χ0) is 17.1. The summed E-state index contributed by atoms with van der Waals surface area (Å²) in [6, 6.07) is 33.5. The number of para-hydroxylation sites is 1. The van der Waals surface area contributed by atoms with Gasteiger partial charge in [-0.1, -0.05) is 72.8 Å². The van der Waals surface area contributed by atoms with Crippen molar-refractivity contribution in [2.75, 3.05) is 0 Å². The minimum Gasteiger partial charge on any atom is -0.456 e. The topological polar surface area (TPSA) is 13.1 Å². The summed E-state index contributed by atoms with van der Waals surface area (Å²) in [5.41, 5.74) is 8.39. The van der Waals surface area contributed by atoms with E-state index in [2.05, 4.69) is 78.9 Å². The van der Waals surface area contributed by atoms with Crippen molar-refractivity contribution in [3.63, 3.8) is 0 Å². The highest BCUT2D eigenvalue weighted by atomic mass is 16.3. The minimum absolute atomic E-state index is 0.223. The molecule has 0 aliphatic heterocycles. The van der Waals surface area contributed by atoms with Gasteiger partial charge in [0.1, 0.15) is 11.2 Å². The summed E-state index contributed by atoms with van der Waals surface area (Å²) in [4.78, 5) is 0. The number of fused-ring (bicyclic) bond motifs is 6. The fraction of sp³-hybridized carbons (Fsp3) is 0.0400. The van der Waals surface area contributed by atoms with Crippen molar-refractivity contribution in [3.05, 3.63) is 108 Å². The van der Waals surface area contributed by atoms with Gasteiger partial charge in [-0.25, -0.2) is 0 Å². The van der Waals surface area contributed by atoms with Gasteiger partial charge in [0, 0.05) is 16.7 Å². The molecule has 26 heavy (non-hydrogen) atoms. The zero-order valence-corrected chi connectivity index (χ0v) is 14.1. The molecule has 6 rings (SSSR count). The third-order valence-corrected chi connectivity index (χ3v) is 5.45. The van der Waals surface area contributed by atoms with E-state index in [1.165, 1.54) is 27.8 Å². The highest BCUT2D eigenvalue weighted by Crippen LogP contribution is 2.48. The van der Waals surface area contributed by atoms with E-state index in [0.717, 1.165) is 21.9 Å². The molecular weight excluding hydrogens is 316 g/mol. The average molecular weight is 331 g/mol. The molecule has 1 heterocycles. The average Bonchev–Trinajstić information content (AvgIpc) is 3.23. The second kappa shape index (κ2) is 5.09. The van der Waals surface area contributed by atoms with Crippen molar-refractivity contribution in [2.45, 2.75) is 5.92 Å². The van der Waals surface area contributed by atoms with E-state index in [1.54, 1.807) is 0 Å². The number of furan rings is 1. The Hall–Kier alpha value is -3.32. The van der Waals surface area contributed by atoms with Gasteiger partial charge in [0.15, 0.2) is 0 Å². The molecule has 1 nitrogen and oxygen atoms in total. The maximum atomic E-state index is 5.98. The first-order chi connectivity index (χ1) is 12.9. The Balaban J connectivity index is 1.64. The molecule has 0 fully saturated rings. The summed E-state index contributed by atoms with van der Waals surface area (Å²) in [6.07, 6.45) is 0. The summed E-state index contributed by atoms with van der Waals surface area (Å²) in [6.45, 7) is 0. The van der Waals surface area contributed by atoms with Crippen LogP contribution in [0.15, 0.2) is 89.3 Å². The Morgan fingerprint density at radius 1 is 0.615 bits per heavy atom. The van der Waals surface area contributed by atoms with Crippen LogP contribution < -0.4 is 0 Å². The molecule has 1 radical (unpaired) electrons. The lowest BCUT2D eigenvalue weighted by molar-refractivity contribution is 0.668. The van der Waals surface area contributed by atoms with E-state index in [9.17, 15) is 0 Å². The summed E-state index contributed by atoms with van der Waals surface area (Å²) < 4.78 is 5.98. The van der Waals surface area contributed by atoms with Crippen LogP contribution in [0.5, 0.6) is 0 Å². The molecule has 5 aromatic rings. The quantitative estimate of drug-likeness (QED) is 0.333. The van der Waals surface area contributed by atoms with E-state index in [1.807, 2.05) is 12.1 Å². The predicted octanol–water partition coefficient (Wildman–Crippen LogP) is 6.55. The third-order valence-electron chi connectivity index (χ3n) is 5.45. The molecule has 0 N–H and O–H groups in total. The van der Waals surface area contributed by atoms with Crippen LogP contribution in [0.2, 0.25) is 0 Å². The van der Waals surface area contributed by atoms with Crippen LogP contribution in [0, 0.1) is 6.07 Å². The lowest BCUT2D eigenvalue weighted by Gasteiger charge is -2.14. The van der Waals surface area contributed by atoms with Crippen molar-refractivity contribution in [1.29, 1.82) is 0 Å². The molecule has 0 atom stereocenters. The van der Waals surface area contributed by atoms with Gasteiger partial charge in [-0.3, -0.25) is 0 Å². The summed E-state index contributed by atoms with van der Waals surface area (Å²) >= 11 is 0. The van der Waals surface area contributed by atoms with Gasteiger partial charge in [0.25, 0.3) is 0 Å². The van der Waals surface area contributed by atoms with Crippen molar-refractivity contribution in [2.24, 2.45) is 0 Å². The number of benzene rings is 4. The molecule has 4 aromatic carbocycles. The predicted molar refractivity (Wildman–Crippen MR) is 105 cm³/mol. The van der Waals surface area contributed by atoms with Crippen LogP contribution in [0.4, 0.5) is 0 Å². The van der Waals surface area contributed by atoms with Crippen LogP contribution in [-0.2, 0) is 0 Å². The maximum Gasteiger partial charge on any atom is 0.136 e. The molecule has 121 valence electrons. The highest BCUT2D eigenvalue weighted by Gasteiger charge is 2.29. The Labute approximate surface area is 151 Å². The first-order valence-electron chi connectivity index (χ1n) is 8.92. The van der Waals surface area contributed by atoms with E-state index in [4.69, 9.17) is 4.42 Å². The maximum absolute atomic E-state index is 5.98. The summed E-state index contributed by atoms with van der Waals surface area (Å²) in [7, 11) is 0. The largest absolute Gasteiger partial charge is 0.456 e. The van der Waals surface area contributed by atoms with Crippen LogP contribution in [0.1, 0.15) is 22.6 Å². The lowest BCUT2D eigenvalue weighted by atomic mass is 9.88. The highest BCUT2D eigenvalue weighted by molar-refractivity contribution is 6.04. The second-order valence-corrected chi connectivity index (χ2v) is 6.86. The van der Waals surface area contributed by atoms with Gasteiger partial charge in [0.05, 0.1) is 0 Å². The molecule has 0 spiro atoms. The molecular formula is C25H15O. The first-order valence-corrected chi connectivity index (χ1v) is 8.92. The zero-order valence-electron chi connectivity index (χ0n) is 14.1. The van der Waals surface area contributed by atoms with Crippen LogP contribution in [-0.4, -0.2) is 0 Å². The Morgan fingerprint density at radius 3 is 2.04 bits per heavy atom. The molecule has 1 heteroatoms. The van der Waals surface area contributed by atoms with Crippen molar-refractivity contribution in [1.82, 2.24) is 0 Å². The molecule has 1 aliphatic carbocycles. The fourth-order valence-electron chi connectivity index (χ4n) is 4.32. The second-order valence-electron chi connectivity index (χ2n) is 6.86. The SMILES string of the molecule is [c]1c(C2c3ccccc3-c3ccccc32)ccc2oc3ccccc3c12. The molecule has 0 unspecified atom stereocenters. The number of rotatable bonds is 1. The van der Waals surface area contributed by atoms with Crippen molar-refractivity contribution >= 4 is 21.9 Å². The van der Waals surface area contributed by atoms with Gasteiger partial charge < -0.3 is 4.42 Å². The first kappa shape index (κ1) is 13.9.